The zero-order chi connectivity index (χ0) is 17.0. The Bertz CT molecular complexity index is 668. The molecular weight excluding hydrogens is 310 g/mol. The maximum Gasteiger partial charge on any atom is 0.263 e. The van der Waals surface area contributed by atoms with Gasteiger partial charge in [-0.15, -0.1) is 11.3 Å². The zero-order valence-electron chi connectivity index (χ0n) is 14.0. The fourth-order valence-electron chi connectivity index (χ4n) is 2.16. The van der Waals surface area contributed by atoms with Gasteiger partial charge in [0, 0.05) is 12.7 Å². The van der Waals surface area contributed by atoms with Gasteiger partial charge >= 0.3 is 0 Å². The molecule has 2 unspecified atom stereocenters. The SMILES string of the molecule is CCC(C)C(C)(O)CNC(=O)c1sc(-c2ccccn2)nc1C. The first-order chi connectivity index (χ1) is 10.8. The number of hydrogen-bond acceptors (Lipinski definition) is 5. The average molecular weight is 333 g/mol. The number of thiazole rings is 1. The van der Waals surface area contributed by atoms with Gasteiger partial charge in [0.15, 0.2) is 0 Å². The number of carbonyl (C=O) groups is 1. The van der Waals surface area contributed by atoms with Crippen LogP contribution in [-0.2, 0) is 0 Å². The van der Waals surface area contributed by atoms with E-state index < -0.39 is 5.60 Å². The van der Waals surface area contributed by atoms with Gasteiger partial charge in [0.25, 0.3) is 5.91 Å². The van der Waals surface area contributed by atoms with Crippen molar-refractivity contribution in [2.45, 2.75) is 39.7 Å². The van der Waals surface area contributed by atoms with Crippen LogP contribution < -0.4 is 5.32 Å². The van der Waals surface area contributed by atoms with Gasteiger partial charge in [0.2, 0.25) is 0 Å². The summed E-state index contributed by atoms with van der Waals surface area (Å²) in [5.74, 6) is -0.0970. The molecule has 2 aromatic rings. The quantitative estimate of drug-likeness (QED) is 0.852. The second-order valence-corrected chi connectivity index (χ2v) is 7.00. The van der Waals surface area contributed by atoms with Gasteiger partial charge in [0.05, 0.1) is 17.0 Å². The molecule has 0 aliphatic heterocycles. The molecule has 2 heterocycles. The molecule has 23 heavy (non-hydrogen) atoms. The molecule has 0 aliphatic rings. The molecule has 5 nitrogen and oxygen atoms in total. The second-order valence-electron chi connectivity index (χ2n) is 6.00. The van der Waals surface area contributed by atoms with Crippen LogP contribution in [0.5, 0.6) is 0 Å². The van der Waals surface area contributed by atoms with Gasteiger partial charge < -0.3 is 10.4 Å². The minimum atomic E-state index is -0.924. The van der Waals surface area contributed by atoms with Crippen LogP contribution >= 0.6 is 11.3 Å². The van der Waals surface area contributed by atoms with Crippen LogP contribution in [0.2, 0.25) is 0 Å². The summed E-state index contributed by atoms with van der Waals surface area (Å²) in [5.41, 5.74) is 0.509. The summed E-state index contributed by atoms with van der Waals surface area (Å²) in [4.78, 5) is 21.6. The van der Waals surface area contributed by atoms with Crippen LogP contribution in [0.3, 0.4) is 0 Å². The van der Waals surface area contributed by atoms with Crippen molar-refractivity contribution >= 4 is 17.2 Å². The highest BCUT2D eigenvalue weighted by atomic mass is 32.1. The molecule has 6 heteroatoms. The zero-order valence-corrected chi connectivity index (χ0v) is 14.8. The van der Waals surface area contributed by atoms with E-state index in [1.165, 1.54) is 11.3 Å². The Balaban J connectivity index is 2.10. The number of aromatic nitrogens is 2. The van der Waals surface area contributed by atoms with E-state index in [4.69, 9.17) is 0 Å². The predicted molar refractivity (Wildman–Crippen MR) is 92.5 cm³/mol. The molecule has 0 fully saturated rings. The van der Waals surface area contributed by atoms with Crippen molar-refractivity contribution in [3.63, 3.8) is 0 Å². The highest BCUT2D eigenvalue weighted by Gasteiger charge is 2.28. The summed E-state index contributed by atoms with van der Waals surface area (Å²) in [6.07, 6.45) is 2.56. The van der Waals surface area contributed by atoms with Crippen LogP contribution in [0.1, 0.15) is 42.6 Å². The van der Waals surface area contributed by atoms with E-state index in [0.29, 0.717) is 10.6 Å². The number of aliphatic hydroxyl groups is 1. The monoisotopic (exact) mass is 333 g/mol. The van der Waals surface area contributed by atoms with Crippen molar-refractivity contribution in [3.8, 4) is 10.7 Å². The van der Waals surface area contributed by atoms with Crippen molar-refractivity contribution in [3.05, 3.63) is 35.0 Å². The van der Waals surface area contributed by atoms with Crippen LogP contribution in [0.25, 0.3) is 10.7 Å². The van der Waals surface area contributed by atoms with E-state index in [9.17, 15) is 9.90 Å². The Morgan fingerprint density at radius 3 is 2.83 bits per heavy atom. The lowest BCUT2D eigenvalue weighted by atomic mass is 9.88. The number of rotatable bonds is 6. The van der Waals surface area contributed by atoms with Gasteiger partial charge in [-0.1, -0.05) is 26.3 Å². The largest absolute Gasteiger partial charge is 0.388 e. The third-order valence-corrected chi connectivity index (χ3v) is 5.35. The summed E-state index contributed by atoms with van der Waals surface area (Å²) in [5, 5.41) is 13.9. The summed E-state index contributed by atoms with van der Waals surface area (Å²) in [6.45, 7) is 7.78. The van der Waals surface area contributed by atoms with Crippen LogP contribution in [0.15, 0.2) is 24.4 Å². The molecule has 124 valence electrons. The van der Waals surface area contributed by atoms with Crippen molar-refractivity contribution in [2.75, 3.05) is 6.54 Å². The number of amides is 1. The van der Waals surface area contributed by atoms with Gasteiger partial charge in [-0.3, -0.25) is 9.78 Å². The van der Waals surface area contributed by atoms with Crippen molar-refractivity contribution < 1.29 is 9.90 Å². The van der Waals surface area contributed by atoms with E-state index in [-0.39, 0.29) is 18.4 Å². The Morgan fingerprint density at radius 2 is 2.22 bits per heavy atom. The number of nitrogens with zero attached hydrogens (tertiary/aromatic N) is 2. The fourth-order valence-corrected chi connectivity index (χ4v) is 3.12. The van der Waals surface area contributed by atoms with Crippen molar-refractivity contribution in [1.82, 2.24) is 15.3 Å². The first-order valence-electron chi connectivity index (χ1n) is 7.74. The van der Waals surface area contributed by atoms with Gasteiger partial charge in [-0.25, -0.2) is 4.98 Å². The third-order valence-electron chi connectivity index (χ3n) is 4.17. The minimum absolute atomic E-state index is 0.106. The van der Waals surface area contributed by atoms with Crippen LogP contribution in [0.4, 0.5) is 0 Å². The van der Waals surface area contributed by atoms with Gasteiger partial charge in [-0.2, -0.15) is 0 Å². The van der Waals surface area contributed by atoms with E-state index >= 15 is 0 Å². The van der Waals surface area contributed by atoms with Gasteiger partial charge in [0.1, 0.15) is 9.88 Å². The molecule has 1 amide bonds. The molecule has 2 N–H and O–H groups in total. The Morgan fingerprint density at radius 1 is 1.48 bits per heavy atom. The number of aryl methyl sites for hydroxylation is 1. The van der Waals surface area contributed by atoms with Crippen molar-refractivity contribution in [1.29, 1.82) is 0 Å². The number of carbonyl (C=O) groups excluding carboxylic acids is 1. The van der Waals surface area contributed by atoms with Gasteiger partial charge in [-0.05, 0) is 31.9 Å². The molecular formula is C17H23N3O2S. The Hall–Kier alpha value is -1.79. The van der Waals surface area contributed by atoms with Crippen molar-refractivity contribution in [2.24, 2.45) is 5.92 Å². The van der Waals surface area contributed by atoms with Crippen LogP contribution in [0, 0.1) is 12.8 Å². The highest BCUT2D eigenvalue weighted by molar-refractivity contribution is 7.17. The van der Waals surface area contributed by atoms with Crippen LogP contribution in [-0.4, -0.2) is 33.1 Å². The molecule has 0 spiro atoms. The molecule has 2 atom stereocenters. The molecule has 0 aromatic carbocycles. The molecule has 2 rings (SSSR count). The summed E-state index contributed by atoms with van der Waals surface area (Å²) in [7, 11) is 0. The summed E-state index contributed by atoms with van der Waals surface area (Å²) < 4.78 is 0. The van der Waals surface area contributed by atoms with E-state index in [1.54, 1.807) is 13.1 Å². The number of nitrogens with one attached hydrogen (secondary N) is 1. The lowest BCUT2D eigenvalue weighted by molar-refractivity contribution is 0.00595. The molecule has 0 bridgehead atoms. The number of hydrogen-bond donors (Lipinski definition) is 2. The average Bonchev–Trinajstić information content (AvgIpc) is 2.94. The standard InChI is InChI=1S/C17H23N3O2S/c1-5-11(2)17(4,22)10-19-15(21)14-12(3)20-16(23-14)13-8-6-7-9-18-13/h6-9,11,22H,5,10H2,1-4H3,(H,19,21). The topological polar surface area (TPSA) is 75.1 Å². The Kier molecular flexibility index (Phi) is 5.49. The lowest BCUT2D eigenvalue weighted by Crippen LogP contribution is -2.45. The first kappa shape index (κ1) is 17.6. The maximum absolute atomic E-state index is 12.4. The second kappa shape index (κ2) is 7.19. The number of pyridine rings is 1. The predicted octanol–water partition coefficient (Wildman–Crippen LogP) is 3.04. The van der Waals surface area contributed by atoms with E-state index in [0.717, 1.165) is 17.1 Å². The summed E-state index contributed by atoms with van der Waals surface area (Å²) >= 11 is 1.32. The maximum atomic E-state index is 12.4. The fraction of sp³-hybridized carbons (Fsp3) is 0.471. The molecule has 0 saturated heterocycles. The minimum Gasteiger partial charge on any atom is -0.388 e. The normalized spacial score (nSPS) is 15.0. The third kappa shape index (κ3) is 4.14. The lowest BCUT2D eigenvalue weighted by Gasteiger charge is -2.29. The van der Waals surface area contributed by atoms with E-state index in [2.05, 4.69) is 15.3 Å². The first-order valence-corrected chi connectivity index (χ1v) is 8.56. The molecule has 0 radical (unpaired) electrons. The van der Waals surface area contributed by atoms with E-state index in [1.807, 2.05) is 39.0 Å². The molecule has 2 aromatic heterocycles. The Labute approximate surface area is 140 Å². The highest BCUT2D eigenvalue weighted by Crippen LogP contribution is 2.26. The summed E-state index contributed by atoms with van der Waals surface area (Å²) in [6, 6.07) is 5.60. The molecule has 0 aliphatic carbocycles. The smallest absolute Gasteiger partial charge is 0.263 e. The molecule has 0 saturated carbocycles.